The lowest BCUT2D eigenvalue weighted by molar-refractivity contribution is -0.137. The molecule has 0 aliphatic carbocycles. The number of carbonyl (C=O) groups excluding carboxylic acids is 1. The van der Waals surface area contributed by atoms with Crippen molar-refractivity contribution in [2.24, 2.45) is 0 Å². The summed E-state index contributed by atoms with van der Waals surface area (Å²) in [7, 11) is 0. The van der Waals surface area contributed by atoms with Gasteiger partial charge in [-0.1, -0.05) is 23.7 Å². The predicted molar refractivity (Wildman–Crippen MR) is 147 cm³/mol. The van der Waals surface area contributed by atoms with Gasteiger partial charge in [0, 0.05) is 35.3 Å². The van der Waals surface area contributed by atoms with Gasteiger partial charge in [0.2, 0.25) is 0 Å². The van der Waals surface area contributed by atoms with Gasteiger partial charge >= 0.3 is 6.18 Å². The fraction of sp³-hybridized carbons (Fsp3) is 0.241. The summed E-state index contributed by atoms with van der Waals surface area (Å²) in [6.45, 7) is 2.47. The number of para-hydroxylation sites is 2. The predicted octanol–water partition coefficient (Wildman–Crippen LogP) is 6.09. The number of hydrogen-bond acceptors (Lipinski definition) is 6. The minimum absolute atomic E-state index is 0.0736. The SMILES string of the molecule is O=C(NN1CCOc2ccccc21)c1cnc2c(-c3cc(Cl)cc(C(F)(F)F)c3)c(F)ccc2c1N1CCOCC1. The Bertz CT molecular complexity index is 1640. The normalized spacial score (nSPS) is 15.4. The number of carbonyl (C=O) groups is 1. The summed E-state index contributed by atoms with van der Waals surface area (Å²) in [6.07, 6.45) is -3.36. The third-order valence-corrected chi connectivity index (χ3v) is 7.23. The average Bonchev–Trinajstić information content (AvgIpc) is 2.96. The molecule has 0 bridgehead atoms. The van der Waals surface area contributed by atoms with Crippen LogP contribution in [0.4, 0.5) is 28.9 Å². The Morgan fingerprint density at radius 3 is 2.56 bits per heavy atom. The summed E-state index contributed by atoms with van der Waals surface area (Å²) in [5.74, 6) is -0.593. The highest BCUT2D eigenvalue weighted by Gasteiger charge is 2.32. The summed E-state index contributed by atoms with van der Waals surface area (Å²) < 4.78 is 67.2. The zero-order chi connectivity index (χ0) is 28.7. The van der Waals surface area contributed by atoms with Gasteiger partial charge in [0.15, 0.2) is 0 Å². The molecule has 0 saturated carbocycles. The molecule has 212 valence electrons. The van der Waals surface area contributed by atoms with Gasteiger partial charge in [-0.15, -0.1) is 0 Å². The van der Waals surface area contributed by atoms with Crippen molar-refractivity contribution in [2.45, 2.75) is 6.18 Å². The number of rotatable bonds is 4. The molecule has 0 spiro atoms. The van der Waals surface area contributed by atoms with Crippen LogP contribution in [0.5, 0.6) is 5.75 Å². The zero-order valence-corrected chi connectivity index (χ0v) is 22.2. The molecule has 6 rings (SSSR count). The molecule has 41 heavy (non-hydrogen) atoms. The number of nitrogens with one attached hydrogen (secondary N) is 1. The maximum absolute atomic E-state index is 15.4. The van der Waals surface area contributed by atoms with E-state index in [0.717, 1.165) is 18.2 Å². The smallest absolute Gasteiger partial charge is 0.416 e. The minimum atomic E-state index is -4.68. The van der Waals surface area contributed by atoms with E-state index in [1.165, 1.54) is 18.3 Å². The maximum Gasteiger partial charge on any atom is 0.416 e. The molecule has 2 aliphatic heterocycles. The molecule has 1 N–H and O–H groups in total. The topological polar surface area (TPSA) is 66.9 Å². The van der Waals surface area contributed by atoms with Crippen LogP contribution >= 0.6 is 11.6 Å². The van der Waals surface area contributed by atoms with Gasteiger partial charge in [0.05, 0.1) is 47.8 Å². The fourth-order valence-electron chi connectivity index (χ4n) is 5.16. The van der Waals surface area contributed by atoms with E-state index in [1.807, 2.05) is 23.1 Å². The molecule has 0 unspecified atom stereocenters. The first-order chi connectivity index (χ1) is 19.7. The van der Waals surface area contributed by atoms with Gasteiger partial charge in [-0.3, -0.25) is 20.2 Å². The van der Waals surface area contributed by atoms with E-state index >= 15 is 4.39 Å². The number of hydrogen-bond donors (Lipinski definition) is 1. The largest absolute Gasteiger partial charge is 0.489 e. The summed E-state index contributed by atoms with van der Waals surface area (Å²) >= 11 is 6.03. The lowest BCUT2D eigenvalue weighted by Gasteiger charge is -2.33. The fourth-order valence-corrected chi connectivity index (χ4v) is 5.40. The monoisotopic (exact) mass is 586 g/mol. The molecule has 1 amide bonds. The highest BCUT2D eigenvalue weighted by atomic mass is 35.5. The third-order valence-electron chi connectivity index (χ3n) is 7.01. The Labute approximate surface area is 237 Å². The van der Waals surface area contributed by atoms with Crippen LogP contribution < -0.4 is 20.1 Å². The van der Waals surface area contributed by atoms with Crippen molar-refractivity contribution >= 4 is 39.8 Å². The van der Waals surface area contributed by atoms with Crippen molar-refractivity contribution in [3.8, 4) is 16.9 Å². The van der Waals surface area contributed by atoms with Crippen molar-refractivity contribution in [1.29, 1.82) is 0 Å². The van der Waals surface area contributed by atoms with Crippen molar-refractivity contribution in [3.05, 3.63) is 82.8 Å². The van der Waals surface area contributed by atoms with Crippen molar-refractivity contribution in [1.82, 2.24) is 10.4 Å². The van der Waals surface area contributed by atoms with Crippen LogP contribution in [0.15, 0.2) is 60.8 Å². The van der Waals surface area contributed by atoms with Gasteiger partial charge < -0.3 is 14.4 Å². The number of anilines is 2. The maximum atomic E-state index is 15.4. The van der Waals surface area contributed by atoms with E-state index in [9.17, 15) is 18.0 Å². The molecule has 1 saturated heterocycles. The van der Waals surface area contributed by atoms with Crippen molar-refractivity contribution in [3.63, 3.8) is 0 Å². The number of ether oxygens (including phenoxy) is 2. The van der Waals surface area contributed by atoms with Crippen LogP contribution in [0.25, 0.3) is 22.0 Å². The lowest BCUT2D eigenvalue weighted by Crippen LogP contribution is -2.47. The van der Waals surface area contributed by atoms with Crippen LogP contribution in [0.2, 0.25) is 5.02 Å². The second-order valence-electron chi connectivity index (χ2n) is 9.57. The Kier molecular flexibility index (Phi) is 7.08. The zero-order valence-electron chi connectivity index (χ0n) is 21.5. The Hall–Kier alpha value is -4.09. The molecular weight excluding hydrogens is 564 g/mol. The minimum Gasteiger partial charge on any atom is -0.489 e. The number of amides is 1. The first-order valence-corrected chi connectivity index (χ1v) is 13.2. The summed E-state index contributed by atoms with van der Waals surface area (Å²) in [5.41, 5.74) is 3.21. The highest BCUT2D eigenvalue weighted by Crippen LogP contribution is 2.40. The van der Waals surface area contributed by atoms with Crippen LogP contribution in [-0.2, 0) is 10.9 Å². The number of alkyl halides is 3. The molecular formula is C29H23ClF4N4O3. The summed E-state index contributed by atoms with van der Waals surface area (Å²) in [6, 6.07) is 12.8. The lowest BCUT2D eigenvalue weighted by atomic mass is 9.97. The van der Waals surface area contributed by atoms with E-state index in [-0.39, 0.29) is 27.2 Å². The first-order valence-electron chi connectivity index (χ1n) is 12.8. The number of halogens is 5. The van der Waals surface area contributed by atoms with E-state index in [2.05, 4.69) is 10.4 Å². The Morgan fingerprint density at radius 1 is 1.00 bits per heavy atom. The second kappa shape index (κ2) is 10.7. The Morgan fingerprint density at radius 2 is 1.78 bits per heavy atom. The van der Waals surface area contributed by atoms with E-state index in [0.29, 0.717) is 62.0 Å². The number of benzene rings is 3. The second-order valence-corrected chi connectivity index (χ2v) is 10.0. The van der Waals surface area contributed by atoms with Gasteiger partial charge in [0.1, 0.15) is 18.2 Å². The quantitative estimate of drug-likeness (QED) is 0.292. The van der Waals surface area contributed by atoms with Gasteiger partial charge in [-0.05, 0) is 48.0 Å². The molecule has 7 nitrogen and oxygen atoms in total. The number of nitrogens with zero attached hydrogens (tertiary/aromatic N) is 3. The van der Waals surface area contributed by atoms with Gasteiger partial charge in [-0.2, -0.15) is 13.2 Å². The van der Waals surface area contributed by atoms with Crippen LogP contribution in [-0.4, -0.2) is 50.3 Å². The van der Waals surface area contributed by atoms with E-state index < -0.39 is 23.5 Å². The number of morpholine rings is 1. The third kappa shape index (κ3) is 5.22. The number of hydrazine groups is 1. The Balaban J connectivity index is 1.49. The average molecular weight is 587 g/mol. The molecule has 1 fully saturated rings. The van der Waals surface area contributed by atoms with Crippen molar-refractivity contribution in [2.75, 3.05) is 49.4 Å². The molecule has 4 aromatic rings. The summed E-state index contributed by atoms with van der Waals surface area (Å²) in [5, 5.41) is 1.91. The molecule has 0 radical (unpaired) electrons. The van der Waals surface area contributed by atoms with Crippen molar-refractivity contribution < 1.29 is 31.8 Å². The highest BCUT2D eigenvalue weighted by molar-refractivity contribution is 6.31. The number of aromatic nitrogens is 1. The van der Waals surface area contributed by atoms with Crippen LogP contribution in [0, 0.1) is 5.82 Å². The molecule has 3 aromatic carbocycles. The number of fused-ring (bicyclic) bond motifs is 2. The van der Waals surface area contributed by atoms with E-state index in [4.69, 9.17) is 21.1 Å². The van der Waals surface area contributed by atoms with Gasteiger partial charge in [0.25, 0.3) is 5.91 Å². The molecule has 1 aromatic heterocycles. The number of pyridine rings is 1. The van der Waals surface area contributed by atoms with Crippen LogP contribution in [0.1, 0.15) is 15.9 Å². The van der Waals surface area contributed by atoms with E-state index in [1.54, 1.807) is 11.1 Å². The molecule has 2 aliphatic rings. The van der Waals surface area contributed by atoms with Crippen LogP contribution in [0.3, 0.4) is 0 Å². The first kappa shape index (κ1) is 27.1. The molecule has 12 heteroatoms. The molecule has 0 atom stereocenters. The standard InChI is InChI=1S/C29H23ClF4N4O3/c30-19-14-17(13-18(15-19)29(32,33)34)25-22(31)6-5-20-26(25)35-16-21(27(20)37-7-10-40-11-8-37)28(39)36-38-9-12-41-24-4-2-1-3-23(24)38/h1-6,13-16H,7-12H2,(H,36,39). The van der Waals surface area contributed by atoms with Gasteiger partial charge in [-0.25, -0.2) is 4.39 Å². The molecule has 3 heterocycles. The summed E-state index contributed by atoms with van der Waals surface area (Å²) in [4.78, 5) is 20.1.